The zero-order valence-corrected chi connectivity index (χ0v) is 12.1. The number of carbonyl (C=O) groups excluding carboxylic acids is 2. The standard InChI is InChI=1S/C15H19ClO3/c1-3-4-9-19-15(18)11(2)10-14(17)12-5-7-13(16)8-6-12/h5-8,11H,3-4,9-10H2,1-2H3/t11-/m1/s1. The van der Waals surface area contributed by atoms with E-state index in [9.17, 15) is 9.59 Å². The van der Waals surface area contributed by atoms with E-state index in [-0.39, 0.29) is 18.2 Å². The lowest BCUT2D eigenvalue weighted by atomic mass is 10.00. The molecule has 0 unspecified atom stereocenters. The zero-order chi connectivity index (χ0) is 14.3. The van der Waals surface area contributed by atoms with Gasteiger partial charge in [-0.15, -0.1) is 0 Å². The minimum Gasteiger partial charge on any atom is -0.465 e. The molecule has 0 bridgehead atoms. The van der Waals surface area contributed by atoms with Crippen molar-refractivity contribution >= 4 is 23.4 Å². The van der Waals surface area contributed by atoms with E-state index in [4.69, 9.17) is 16.3 Å². The third-order valence-electron chi connectivity index (χ3n) is 2.80. The van der Waals surface area contributed by atoms with Gasteiger partial charge >= 0.3 is 5.97 Å². The van der Waals surface area contributed by atoms with E-state index in [1.54, 1.807) is 31.2 Å². The maximum Gasteiger partial charge on any atom is 0.309 e. The molecule has 4 heteroatoms. The predicted molar refractivity (Wildman–Crippen MR) is 75.4 cm³/mol. The van der Waals surface area contributed by atoms with Gasteiger partial charge in [-0.05, 0) is 30.7 Å². The van der Waals surface area contributed by atoms with Gasteiger partial charge in [0.1, 0.15) is 0 Å². The number of hydrogen-bond acceptors (Lipinski definition) is 3. The van der Waals surface area contributed by atoms with Crippen molar-refractivity contribution in [2.24, 2.45) is 5.92 Å². The molecule has 0 saturated heterocycles. The number of ether oxygens (including phenoxy) is 1. The van der Waals surface area contributed by atoms with Crippen molar-refractivity contribution < 1.29 is 14.3 Å². The fourth-order valence-electron chi connectivity index (χ4n) is 1.57. The van der Waals surface area contributed by atoms with Gasteiger partial charge in [-0.3, -0.25) is 9.59 Å². The largest absolute Gasteiger partial charge is 0.465 e. The highest BCUT2D eigenvalue weighted by atomic mass is 35.5. The molecule has 1 aromatic carbocycles. The van der Waals surface area contributed by atoms with E-state index in [2.05, 4.69) is 0 Å². The molecule has 1 atom stereocenters. The molecular formula is C15H19ClO3. The van der Waals surface area contributed by atoms with Gasteiger partial charge < -0.3 is 4.74 Å². The van der Waals surface area contributed by atoms with Crippen molar-refractivity contribution in [2.45, 2.75) is 33.1 Å². The van der Waals surface area contributed by atoms with Crippen LogP contribution in [-0.2, 0) is 9.53 Å². The van der Waals surface area contributed by atoms with Gasteiger partial charge in [-0.2, -0.15) is 0 Å². The van der Waals surface area contributed by atoms with Crippen LogP contribution in [0.2, 0.25) is 5.02 Å². The highest BCUT2D eigenvalue weighted by molar-refractivity contribution is 6.30. The number of carbonyl (C=O) groups is 2. The quantitative estimate of drug-likeness (QED) is 0.433. The van der Waals surface area contributed by atoms with Crippen molar-refractivity contribution in [3.05, 3.63) is 34.9 Å². The van der Waals surface area contributed by atoms with E-state index in [1.165, 1.54) is 0 Å². The molecule has 0 amide bonds. The number of hydrogen-bond donors (Lipinski definition) is 0. The normalized spacial score (nSPS) is 11.9. The molecule has 0 radical (unpaired) electrons. The van der Waals surface area contributed by atoms with Gasteiger partial charge in [0.25, 0.3) is 0 Å². The van der Waals surface area contributed by atoms with Crippen LogP contribution in [0.15, 0.2) is 24.3 Å². The molecule has 104 valence electrons. The van der Waals surface area contributed by atoms with E-state index < -0.39 is 5.92 Å². The topological polar surface area (TPSA) is 43.4 Å². The van der Waals surface area contributed by atoms with Crippen LogP contribution >= 0.6 is 11.6 Å². The van der Waals surface area contributed by atoms with E-state index in [0.29, 0.717) is 17.2 Å². The summed E-state index contributed by atoms with van der Waals surface area (Å²) >= 11 is 5.76. The molecular weight excluding hydrogens is 264 g/mol. The number of benzene rings is 1. The predicted octanol–water partition coefficient (Wildman–Crippen LogP) is 3.89. The second-order valence-corrected chi connectivity index (χ2v) is 4.99. The summed E-state index contributed by atoms with van der Waals surface area (Å²) in [5.74, 6) is -0.799. The Bertz CT molecular complexity index is 426. The first-order valence-corrected chi connectivity index (χ1v) is 6.87. The highest BCUT2D eigenvalue weighted by Crippen LogP contribution is 2.14. The fourth-order valence-corrected chi connectivity index (χ4v) is 1.70. The molecule has 0 heterocycles. The molecule has 19 heavy (non-hydrogen) atoms. The van der Waals surface area contributed by atoms with Crippen molar-refractivity contribution in [1.29, 1.82) is 0 Å². The maximum absolute atomic E-state index is 11.9. The Kier molecular flexibility index (Phi) is 6.57. The van der Waals surface area contributed by atoms with Gasteiger partial charge in [-0.25, -0.2) is 0 Å². The average molecular weight is 283 g/mol. The fraction of sp³-hybridized carbons (Fsp3) is 0.467. The molecule has 0 aliphatic carbocycles. The minimum absolute atomic E-state index is 0.0726. The number of ketones is 1. The Balaban J connectivity index is 2.47. The first-order valence-electron chi connectivity index (χ1n) is 6.50. The molecule has 0 saturated carbocycles. The number of halogens is 1. The number of Topliss-reactive ketones (excluding diaryl/α,β-unsaturated/α-hetero) is 1. The first-order chi connectivity index (χ1) is 9.04. The molecule has 0 aromatic heterocycles. The summed E-state index contributed by atoms with van der Waals surface area (Å²) in [4.78, 5) is 23.6. The Labute approximate surface area is 118 Å². The lowest BCUT2D eigenvalue weighted by Crippen LogP contribution is -2.19. The van der Waals surface area contributed by atoms with Crippen LogP contribution < -0.4 is 0 Å². The van der Waals surface area contributed by atoms with Crippen LogP contribution in [-0.4, -0.2) is 18.4 Å². The smallest absolute Gasteiger partial charge is 0.309 e. The SMILES string of the molecule is CCCCOC(=O)[C@H](C)CC(=O)c1ccc(Cl)cc1. The monoisotopic (exact) mass is 282 g/mol. The average Bonchev–Trinajstić information content (AvgIpc) is 2.39. The molecule has 0 N–H and O–H groups in total. The van der Waals surface area contributed by atoms with Gasteiger partial charge in [0.15, 0.2) is 5.78 Å². The molecule has 0 aliphatic rings. The number of unbranched alkanes of at least 4 members (excludes halogenated alkanes) is 1. The van der Waals surface area contributed by atoms with Crippen LogP contribution in [0.4, 0.5) is 0 Å². The van der Waals surface area contributed by atoms with Crippen LogP contribution in [0.25, 0.3) is 0 Å². The zero-order valence-electron chi connectivity index (χ0n) is 11.3. The van der Waals surface area contributed by atoms with E-state index >= 15 is 0 Å². The first kappa shape index (κ1) is 15.7. The molecule has 0 spiro atoms. The Morgan fingerprint density at radius 3 is 2.47 bits per heavy atom. The van der Waals surface area contributed by atoms with Crippen LogP contribution in [0.3, 0.4) is 0 Å². The number of rotatable bonds is 7. The summed E-state index contributed by atoms with van der Waals surface area (Å²) in [6.45, 7) is 4.16. The summed E-state index contributed by atoms with van der Waals surface area (Å²) in [5.41, 5.74) is 0.567. The van der Waals surface area contributed by atoms with Crippen molar-refractivity contribution in [2.75, 3.05) is 6.61 Å². The Morgan fingerprint density at radius 1 is 1.26 bits per heavy atom. The van der Waals surface area contributed by atoms with Gasteiger partial charge in [0.05, 0.1) is 12.5 Å². The van der Waals surface area contributed by atoms with Crippen molar-refractivity contribution in [3.63, 3.8) is 0 Å². The second kappa shape index (κ2) is 7.95. The van der Waals surface area contributed by atoms with Gasteiger partial charge in [-0.1, -0.05) is 31.9 Å². The lowest BCUT2D eigenvalue weighted by Gasteiger charge is -2.10. The Morgan fingerprint density at radius 2 is 1.89 bits per heavy atom. The summed E-state index contributed by atoms with van der Waals surface area (Å²) < 4.78 is 5.09. The lowest BCUT2D eigenvalue weighted by molar-refractivity contribution is -0.147. The van der Waals surface area contributed by atoms with Crippen LogP contribution in [0.1, 0.15) is 43.5 Å². The maximum atomic E-state index is 11.9. The van der Waals surface area contributed by atoms with Crippen molar-refractivity contribution in [1.82, 2.24) is 0 Å². The summed E-state index contributed by atoms with van der Waals surface area (Å²) in [6.07, 6.45) is 1.99. The van der Waals surface area contributed by atoms with E-state index in [1.807, 2.05) is 6.92 Å². The summed E-state index contributed by atoms with van der Waals surface area (Å²) in [7, 11) is 0. The second-order valence-electron chi connectivity index (χ2n) is 4.56. The molecule has 1 rings (SSSR count). The van der Waals surface area contributed by atoms with Gasteiger partial charge in [0, 0.05) is 17.0 Å². The summed E-state index contributed by atoms with van der Waals surface area (Å²) in [5, 5.41) is 0.587. The van der Waals surface area contributed by atoms with Gasteiger partial charge in [0.2, 0.25) is 0 Å². The molecule has 3 nitrogen and oxygen atoms in total. The highest BCUT2D eigenvalue weighted by Gasteiger charge is 2.19. The van der Waals surface area contributed by atoms with Crippen LogP contribution in [0.5, 0.6) is 0 Å². The van der Waals surface area contributed by atoms with E-state index in [0.717, 1.165) is 12.8 Å². The summed E-state index contributed by atoms with van der Waals surface area (Å²) in [6, 6.07) is 6.66. The third kappa shape index (κ3) is 5.43. The number of esters is 1. The molecule has 0 fully saturated rings. The Hall–Kier alpha value is -1.35. The molecule has 1 aromatic rings. The molecule has 0 aliphatic heterocycles. The van der Waals surface area contributed by atoms with Crippen molar-refractivity contribution in [3.8, 4) is 0 Å². The third-order valence-corrected chi connectivity index (χ3v) is 3.05. The minimum atomic E-state index is -0.417. The van der Waals surface area contributed by atoms with Crippen LogP contribution in [0, 0.1) is 5.92 Å².